The van der Waals surface area contributed by atoms with Crippen LogP contribution in [0.5, 0.6) is 0 Å². The van der Waals surface area contributed by atoms with E-state index in [4.69, 9.17) is 0 Å². The van der Waals surface area contributed by atoms with Crippen LogP contribution in [0, 0.1) is 0 Å². The summed E-state index contributed by atoms with van der Waals surface area (Å²) in [6, 6.07) is 0. The van der Waals surface area contributed by atoms with Crippen LogP contribution in [0.4, 0.5) is 0 Å². The number of hydrogen-bond donors (Lipinski definition) is 1. The Bertz CT molecular complexity index is 356. The van der Waals surface area contributed by atoms with E-state index in [1.54, 1.807) is 18.1 Å². The van der Waals surface area contributed by atoms with Gasteiger partial charge >= 0.3 is 5.97 Å². The minimum absolute atomic E-state index is 0.314. The van der Waals surface area contributed by atoms with E-state index in [0.29, 0.717) is 11.5 Å². The minimum Gasteiger partial charge on any atom is -0.464 e. The van der Waals surface area contributed by atoms with E-state index in [1.807, 2.05) is 19.9 Å². The highest BCUT2D eigenvalue weighted by molar-refractivity contribution is 6.41. The van der Waals surface area contributed by atoms with Gasteiger partial charge in [-0.05, 0) is 26.0 Å². The molecule has 0 saturated heterocycles. The van der Waals surface area contributed by atoms with Crippen LogP contribution >= 0.6 is 0 Å². The summed E-state index contributed by atoms with van der Waals surface area (Å²) in [7, 11) is 3.13. The highest BCUT2D eigenvalue weighted by Gasteiger charge is 2.19. The average Bonchev–Trinajstić information content (AvgIpc) is 2.26. The molecule has 0 aromatic heterocycles. The second-order valence-corrected chi connectivity index (χ2v) is 2.98. The molecule has 0 bridgehead atoms. The summed E-state index contributed by atoms with van der Waals surface area (Å²) in [5.41, 5.74) is 4.17. The molecule has 0 radical (unpaired) electrons. The van der Waals surface area contributed by atoms with E-state index < -0.39 is 5.97 Å². The first kappa shape index (κ1) is 11.5. The smallest absolute Gasteiger partial charge is 0.356 e. The molecule has 1 N–H and O–H groups in total. The molecule has 5 nitrogen and oxygen atoms in total. The van der Waals surface area contributed by atoms with Gasteiger partial charge in [-0.3, -0.25) is 5.01 Å². The van der Waals surface area contributed by atoms with E-state index in [-0.39, 0.29) is 0 Å². The number of carbonyl (C=O) groups excluding carboxylic acids is 1. The largest absolute Gasteiger partial charge is 0.464 e. The molecule has 0 spiro atoms. The Hall–Kier alpha value is -1.62. The molecule has 0 amide bonds. The van der Waals surface area contributed by atoms with Gasteiger partial charge < -0.3 is 4.74 Å². The van der Waals surface area contributed by atoms with Gasteiger partial charge in [-0.25, -0.2) is 15.2 Å². The molecule has 0 unspecified atom stereocenters. The van der Waals surface area contributed by atoms with Gasteiger partial charge in [-0.15, -0.1) is 0 Å². The second-order valence-electron chi connectivity index (χ2n) is 2.98. The van der Waals surface area contributed by atoms with Crippen molar-refractivity contribution in [3.63, 3.8) is 0 Å². The summed E-state index contributed by atoms with van der Waals surface area (Å²) in [5, 5.41) is 1.78. The van der Waals surface area contributed by atoms with E-state index in [9.17, 15) is 4.79 Å². The van der Waals surface area contributed by atoms with Crippen molar-refractivity contribution >= 4 is 11.7 Å². The second kappa shape index (κ2) is 4.75. The number of methoxy groups -OCH3 is 1. The maximum absolute atomic E-state index is 11.3. The monoisotopic (exact) mass is 209 g/mol. The SMILES string of the molecule is C/C=C1/N=C(C(=O)OC)C=C(C)N1NC. The van der Waals surface area contributed by atoms with E-state index in [1.165, 1.54) is 7.11 Å². The Kier molecular flexibility index (Phi) is 3.62. The Labute approximate surface area is 89.1 Å². The topological polar surface area (TPSA) is 53.9 Å². The summed E-state index contributed by atoms with van der Waals surface area (Å²) in [5.74, 6) is 0.252. The standard InChI is InChI=1S/C10H15N3O2/c1-5-9-12-8(10(14)15-4)6-7(2)13(9)11-3/h5-6,11H,1-4H3/b9-5-. The molecule has 5 heteroatoms. The molecule has 0 atom stereocenters. The Morgan fingerprint density at radius 3 is 2.80 bits per heavy atom. The average molecular weight is 209 g/mol. The molecule has 0 aromatic rings. The number of aliphatic imine (C=N–C) groups is 1. The van der Waals surface area contributed by atoms with Crippen molar-refractivity contribution in [1.82, 2.24) is 10.4 Å². The Balaban J connectivity index is 3.06. The molecular formula is C10H15N3O2. The van der Waals surface area contributed by atoms with Gasteiger partial charge in [0.25, 0.3) is 0 Å². The third kappa shape index (κ3) is 2.24. The molecule has 0 aromatic carbocycles. The van der Waals surface area contributed by atoms with E-state index >= 15 is 0 Å². The van der Waals surface area contributed by atoms with Crippen molar-refractivity contribution in [2.24, 2.45) is 4.99 Å². The number of carbonyl (C=O) groups is 1. The number of esters is 1. The number of ether oxygens (including phenoxy) is 1. The van der Waals surface area contributed by atoms with Crippen LogP contribution in [0.1, 0.15) is 13.8 Å². The first-order valence-electron chi connectivity index (χ1n) is 4.63. The summed E-state index contributed by atoms with van der Waals surface area (Å²) in [6.07, 6.45) is 3.49. The highest BCUT2D eigenvalue weighted by Crippen LogP contribution is 2.16. The van der Waals surface area contributed by atoms with E-state index in [0.717, 1.165) is 5.70 Å². The quantitative estimate of drug-likeness (QED) is 0.684. The third-order valence-electron chi connectivity index (χ3n) is 2.04. The number of rotatable bonds is 2. The first-order chi connectivity index (χ1) is 7.13. The van der Waals surface area contributed by atoms with Gasteiger partial charge in [0.05, 0.1) is 7.11 Å². The minimum atomic E-state index is -0.426. The molecule has 0 fully saturated rings. The number of nitrogens with one attached hydrogen (secondary N) is 1. The van der Waals surface area contributed by atoms with Crippen LogP contribution in [0.2, 0.25) is 0 Å². The Morgan fingerprint density at radius 1 is 1.67 bits per heavy atom. The molecule has 15 heavy (non-hydrogen) atoms. The number of hydrogen-bond acceptors (Lipinski definition) is 5. The maximum atomic E-state index is 11.3. The lowest BCUT2D eigenvalue weighted by molar-refractivity contribution is -0.132. The molecular weight excluding hydrogens is 194 g/mol. The van der Waals surface area contributed by atoms with Gasteiger partial charge in [0.15, 0.2) is 5.71 Å². The summed E-state index contributed by atoms with van der Waals surface area (Å²) < 4.78 is 4.62. The third-order valence-corrected chi connectivity index (χ3v) is 2.04. The van der Waals surface area contributed by atoms with Gasteiger partial charge in [0.2, 0.25) is 0 Å². The fourth-order valence-corrected chi connectivity index (χ4v) is 1.34. The van der Waals surface area contributed by atoms with Gasteiger partial charge in [0, 0.05) is 12.7 Å². The lowest BCUT2D eigenvalue weighted by Crippen LogP contribution is -2.36. The summed E-state index contributed by atoms with van der Waals surface area (Å²) in [6.45, 7) is 3.74. The van der Waals surface area contributed by atoms with Crippen LogP contribution in [-0.4, -0.2) is 30.8 Å². The van der Waals surface area contributed by atoms with Crippen LogP contribution in [0.15, 0.2) is 28.7 Å². The lowest BCUT2D eigenvalue weighted by atomic mass is 10.2. The van der Waals surface area contributed by atoms with Crippen LogP contribution in [-0.2, 0) is 9.53 Å². The van der Waals surface area contributed by atoms with Crippen LogP contribution in [0.3, 0.4) is 0 Å². The fraction of sp³-hybridized carbons (Fsp3) is 0.400. The van der Waals surface area contributed by atoms with Gasteiger partial charge in [-0.1, -0.05) is 0 Å². The first-order valence-corrected chi connectivity index (χ1v) is 4.63. The molecule has 82 valence electrons. The zero-order chi connectivity index (χ0) is 11.4. The van der Waals surface area contributed by atoms with Crippen molar-refractivity contribution in [2.75, 3.05) is 14.2 Å². The lowest BCUT2D eigenvalue weighted by Gasteiger charge is -2.27. The molecule has 0 aliphatic carbocycles. The van der Waals surface area contributed by atoms with Crippen LogP contribution < -0.4 is 5.43 Å². The normalized spacial score (nSPS) is 18.7. The van der Waals surface area contributed by atoms with Crippen molar-refractivity contribution in [2.45, 2.75) is 13.8 Å². The van der Waals surface area contributed by atoms with E-state index in [2.05, 4.69) is 15.2 Å². The predicted octanol–water partition coefficient (Wildman–Crippen LogP) is 0.815. The molecule has 1 aliphatic rings. The molecule has 0 saturated carbocycles. The van der Waals surface area contributed by atoms with Crippen molar-refractivity contribution in [3.05, 3.63) is 23.7 Å². The number of nitrogens with zero attached hydrogens (tertiary/aromatic N) is 2. The summed E-state index contributed by atoms with van der Waals surface area (Å²) >= 11 is 0. The molecule has 1 rings (SSSR count). The zero-order valence-corrected chi connectivity index (χ0v) is 9.37. The zero-order valence-electron chi connectivity index (χ0n) is 9.37. The van der Waals surface area contributed by atoms with Crippen LogP contribution in [0.25, 0.3) is 0 Å². The number of hydrazine groups is 1. The molecule has 1 heterocycles. The van der Waals surface area contributed by atoms with Gasteiger partial charge in [0.1, 0.15) is 5.82 Å². The molecule has 1 aliphatic heterocycles. The number of allylic oxidation sites excluding steroid dienone is 2. The van der Waals surface area contributed by atoms with Gasteiger partial charge in [-0.2, -0.15) is 0 Å². The Morgan fingerprint density at radius 2 is 2.33 bits per heavy atom. The highest BCUT2D eigenvalue weighted by atomic mass is 16.5. The maximum Gasteiger partial charge on any atom is 0.356 e. The van der Waals surface area contributed by atoms with Crippen molar-refractivity contribution in [3.8, 4) is 0 Å². The predicted molar refractivity (Wildman–Crippen MR) is 57.9 cm³/mol. The fourth-order valence-electron chi connectivity index (χ4n) is 1.34. The summed E-state index contributed by atoms with van der Waals surface area (Å²) in [4.78, 5) is 15.5. The van der Waals surface area contributed by atoms with Crippen molar-refractivity contribution < 1.29 is 9.53 Å². The van der Waals surface area contributed by atoms with Crippen molar-refractivity contribution in [1.29, 1.82) is 0 Å².